The summed E-state index contributed by atoms with van der Waals surface area (Å²) in [4.78, 5) is 23.1. The Morgan fingerprint density at radius 2 is 1.81 bits per heavy atom. The van der Waals surface area contributed by atoms with Crippen molar-refractivity contribution in [1.29, 1.82) is 0 Å². The summed E-state index contributed by atoms with van der Waals surface area (Å²) in [6.07, 6.45) is 0. The van der Waals surface area contributed by atoms with Crippen molar-refractivity contribution in [3.63, 3.8) is 0 Å². The zero-order valence-electron chi connectivity index (χ0n) is 10.4. The number of benzene rings is 2. The SMILES string of the molecule is O=C(Nc1ccc(Br)cc1C(=O)O)c1ccc(F)cc1O. The molecular weight excluding hydrogens is 345 g/mol. The summed E-state index contributed by atoms with van der Waals surface area (Å²) in [6, 6.07) is 7.24. The van der Waals surface area contributed by atoms with Crippen molar-refractivity contribution in [1.82, 2.24) is 0 Å². The number of carbonyl (C=O) groups is 2. The van der Waals surface area contributed by atoms with E-state index in [1.54, 1.807) is 6.07 Å². The van der Waals surface area contributed by atoms with E-state index in [4.69, 9.17) is 5.11 Å². The third-order valence-electron chi connectivity index (χ3n) is 2.66. The van der Waals surface area contributed by atoms with E-state index in [0.717, 1.165) is 18.2 Å². The van der Waals surface area contributed by atoms with Crippen LogP contribution < -0.4 is 5.32 Å². The first-order valence-electron chi connectivity index (χ1n) is 5.71. The lowest BCUT2D eigenvalue weighted by Crippen LogP contribution is -2.15. The van der Waals surface area contributed by atoms with Gasteiger partial charge in [-0.1, -0.05) is 15.9 Å². The minimum absolute atomic E-state index is 0.0689. The summed E-state index contributed by atoms with van der Waals surface area (Å²) in [5.74, 6) is -3.16. The predicted octanol–water partition coefficient (Wildman–Crippen LogP) is 3.24. The normalized spacial score (nSPS) is 10.2. The number of amides is 1. The topological polar surface area (TPSA) is 86.6 Å². The van der Waals surface area contributed by atoms with Gasteiger partial charge < -0.3 is 15.5 Å². The number of anilines is 1. The number of nitrogens with one attached hydrogen (secondary N) is 1. The molecule has 7 heteroatoms. The smallest absolute Gasteiger partial charge is 0.337 e. The highest BCUT2D eigenvalue weighted by Crippen LogP contribution is 2.24. The molecule has 0 spiro atoms. The number of rotatable bonds is 3. The summed E-state index contributed by atoms with van der Waals surface area (Å²) in [6.45, 7) is 0. The van der Waals surface area contributed by atoms with Gasteiger partial charge in [0.2, 0.25) is 0 Å². The summed E-state index contributed by atoms with van der Waals surface area (Å²) in [5.41, 5.74) is -0.200. The van der Waals surface area contributed by atoms with Gasteiger partial charge in [0.25, 0.3) is 5.91 Å². The van der Waals surface area contributed by atoms with Crippen LogP contribution in [0.4, 0.5) is 10.1 Å². The van der Waals surface area contributed by atoms with Crippen molar-refractivity contribution in [2.24, 2.45) is 0 Å². The van der Waals surface area contributed by atoms with Crippen molar-refractivity contribution >= 4 is 33.5 Å². The number of hydrogen-bond donors (Lipinski definition) is 3. The Morgan fingerprint density at radius 3 is 2.43 bits per heavy atom. The largest absolute Gasteiger partial charge is 0.507 e. The molecule has 108 valence electrons. The average molecular weight is 354 g/mol. The van der Waals surface area contributed by atoms with E-state index in [0.29, 0.717) is 4.47 Å². The van der Waals surface area contributed by atoms with Crippen LogP contribution in [0.2, 0.25) is 0 Å². The average Bonchev–Trinajstić information content (AvgIpc) is 2.40. The maximum absolute atomic E-state index is 12.9. The van der Waals surface area contributed by atoms with Crippen LogP contribution in [0.3, 0.4) is 0 Å². The number of carboxylic acid groups (broad SMARTS) is 1. The molecule has 5 nitrogen and oxygen atoms in total. The van der Waals surface area contributed by atoms with Crippen LogP contribution in [-0.2, 0) is 0 Å². The van der Waals surface area contributed by atoms with Gasteiger partial charge in [0.05, 0.1) is 16.8 Å². The Hall–Kier alpha value is -2.41. The molecule has 0 unspecified atom stereocenters. The summed E-state index contributed by atoms with van der Waals surface area (Å²) >= 11 is 3.14. The number of phenols is 1. The quantitative estimate of drug-likeness (QED) is 0.790. The second-order valence-electron chi connectivity index (χ2n) is 4.11. The molecule has 0 aromatic heterocycles. The standard InChI is InChI=1S/C14H9BrFNO4/c15-7-1-4-11(10(5-7)14(20)21)17-13(19)9-3-2-8(16)6-12(9)18/h1-6,18H,(H,17,19)(H,20,21). The Morgan fingerprint density at radius 1 is 1.10 bits per heavy atom. The second kappa shape index (κ2) is 5.92. The number of aromatic hydroxyl groups is 1. The van der Waals surface area contributed by atoms with Crippen molar-refractivity contribution < 1.29 is 24.2 Å². The maximum Gasteiger partial charge on any atom is 0.337 e. The van der Waals surface area contributed by atoms with Gasteiger partial charge in [0.1, 0.15) is 11.6 Å². The Balaban J connectivity index is 2.34. The first-order valence-corrected chi connectivity index (χ1v) is 6.50. The molecule has 0 saturated carbocycles. The second-order valence-corrected chi connectivity index (χ2v) is 5.03. The Bertz CT molecular complexity index is 733. The van der Waals surface area contributed by atoms with E-state index in [2.05, 4.69) is 21.2 Å². The van der Waals surface area contributed by atoms with Crippen molar-refractivity contribution in [2.75, 3.05) is 5.32 Å². The summed E-state index contributed by atoms with van der Waals surface area (Å²) in [7, 11) is 0. The molecule has 0 saturated heterocycles. The number of phenolic OH excluding ortho intramolecular Hbond substituents is 1. The molecule has 0 fully saturated rings. The molecule has 0 aliphatic carbocycles. The van der Waals surface area contributed by atoms with E-state index in [9.17, 15) is 19.1 Å². The number of hydrogen-bond acceptors (Lipinski definition) is 3. The highest BCUT2D eigenvalue weighted by molar-refractivity contribution is 9.10. The van der Waals surface area contributed by atoms with Crippen molar-refractivity contribution in [3.05, 3.63) is 57.8 Å². The van der Waals surface area contributed by atoms with E-state index < -0.39 is 23.4 Å². The maximum atomic E-state index is 12.9. The van der Waals surface area contributed by atoms with Crippen LogP contribution >= 0.6 is 15.9 Å². The molecule has 3 N–H and O–H groups in total. The molecule has 0 aliphatic rings. The molecule has 0 heterocycles. The van der Waals surface area contributed by atoms with Crippen LogP contribution in [0.5, 0.6) is 5.75 Å². The van der Waals surface area contributed by atoms with Crippen LogP contribution in [0.25, 0.3) is 0 Å². The van der Waals surface area contributed by atoms with Gasteiger partial charge in [0, 0.05) is 10.5 Å². The van der Waals surface area contributed by atoms with Gasteiger partial charge in [-0.3, -0.25) is 4.79 Å². The number of aromatic carboxylic acids is 1. The fourth-order valence-corrected chi connectivity index (χ4v) is 2.05. The lowest BCUT2D eigenvalue weighted by atomic mass is 10.1. The molecule has 21 heavy (non-hydrogen) atoms. The summed E-state index contributed by atoms with van der Waals surface area (Å²) < 4.78 is 13.4. The molecule has 2 rings (SSSR count). The van der Waals surface area contributed by atoms with Crippen molar-refractivity contribution in [2.45, 2.75) is 0 Å². The molecule has 2 aromatic rings. The molecule has 0 atom stereocenters. The molecule has 1 amide bonds. The molecular formula is C14H9BrFNO4. The highest BCUT2D eigenvalue weighted by atomic mass is 79.9. The van der Waals surface area contributed by atoms with Gasteiger partial charge >= 0.3 is 5.97 Å². The van der Waals surface area contributed by atoms with Crippen LogP contribution in [0.15, 0.2) is 40.9 Å². The molecule has 0 bridgehead atoms. The number of carboxylic acids is 1. The first kappa shape index (κ1) is 15.0. The first-order chi connectivity index (χ1) is 9.88. The van der Waals surface area contributed by atoms with Gasteiger partial charge in [-0.05, 0) is 30.3 Å². The minimum atomic E-state index is -1.21. The zero-order chi connectivity index (χ0) is 15.6. The fraction of sp³-hybridized carbons (Fsp3) is 0. The van der Waals surface area contributed by atoms with E-state index in [1.165, 1.54) is 12.1 Å². The van der Waals surface area contributed by atoms with Gasteiger partial charge in [0.15, 0.2) is 0 Å². The van der Waals surface area contributed by atoms with E-state index in [-0.39, 0.29) is 16.8 Å². The monoisotopic (exact) mass is 353 g/mol. The van der Waals surface area contributed by atoms with Crippen molar-refractivity contribution in [3.8, 4) is 5.75 Å². The summed E-state index contributed by atoms with van der Waals surface area (Å²) in [5, 5.41) is 21.0. The van der Waals surface area contributed by atoms with E-state index >= 15 is 0 Å². The highest BCUT2D eigenvalue weighted by Gasteiger charge is 2.16. The zero-order valence-corrected chi connectivity index (χ0v) is 12.0. The molecule has 0 radical (unpaired) electrons. The number of carbonyl (C=O) groups excluding carboxylic acids is 1. The number of halogens is 2. The minimum Gasteiger partial charge on any atom is -0.507 e. The Kier molecular flexibility index (Phi) is 4.23. The fourth-order valence-electron chi connectivity index (χ4n) is 1.69. The molecule has 2 aromatic carbocycles. The predicted molar refractivity (Wildman–Crippen MR) is 77.1 cm³/mol. The van der Waals surface area contributed by atoms with Gasteiger partial charge in [-0.2, -0.15) is 0 Å². The van der Waals surface area contributed by atoms with Crippen LogP contribution in [-0.4, -0.2) is 22.1 Å². The van der Waals surface area contributed by atoms with Gasteiger partial charge in [-0.15, -0.1) is 0 Å². The van der Waals surface area contributed by atoms with Crippen LogP contribution in [0, 0.1) is 5.82 Å². The Labute approximate surface area is 127 Å². The molecule has 0 aliphatic heterocycles. The van der Waals surface area contributed by atoms with Gasteiger partial charge in [-0.25, -0.2) is 9.18 Å². The third kappa shape index (κ3) is 3.38. The third-order valence-corrected chi connectivity index (χ3v) is 3.16. The lowest BCUT2D eigenvalue weighted by molar-refractivity contribution is 0.0698. The van der Waals surface area contributed by atoms with Crippen LogP contribution in [0.1, 0.15) is 20.7 Å². The lowest BCUT2D eigenvalue weighted by Gasteiger charge is -2.10. The van der Waals surface area contributed by atoms with E-state index in [1.807, 2.05) is 0 Å².